The predicted octanol–water partition coefficient (Wildman–Crippen LogP) is 3.47. The largest absolute Gasteiger partial charge is 0.508 e. The van der Waals surface area contributed by atoms with E-state index in [9.17, 15) is 19.8 Å². The van der Waals surface area contributed by atoms with E-state index >= 15 is 0 Å². The summed E-state index contributed by atoms with van der Waals surface area (Å²) in [5.74, 6) is -0.562. The van der Waals surface area contributed by atoms with Gasteiger partial charge >= 0.3 is 0 Å². The zero-order valence-corrected chi connectivity index (χ0v) is 19.3. The molecule has 0 radical (unpaired) electrons. The van der Waals surface area contributed by atoms with E-state index in [0.717, 1.165) is 5.56 Å². The molecule has 1 aliphatic rings. The third-order valence-electron chi connectivity index (χ3n) is 6.28. The molecular formula is C28H25NO7. The van der Waals surface area contributed by atoms with Crippen molar-refractivity contribution in [3.63, 3.8) is 0 Å². The lowest BCUT2D eigenvalue weighted by Crippen LogP contribution is -2.40. The van der Waals surface area contributed by atoms with E-state index in [-0.39, 0.29) is 42.5 Å². The smallest absolute Gasteiger partial charge is 0.231 e. The summed E-state index contributed by atoms with van der Waals surface area (Å²) in [5, 5.41) is 23.9. The summed E-state index contributed by atoms with van der Waals surface area (Å²) in [6, 6.07) is 18.8. The fourth-order valence-electron chi connectivity index (χ4n) is 4.48. The maximum absolute atomic E-state index is 13.4. The van der Waals surface area contributed by atoms with Crippen molar-refractivity contribution in [3.05, 3.63) is 99.9 Å². The normalized spacial score (nSPS) is 13.9. The number of fused-ring (bicyclic) bond motifs is 2. The number of para-hydroxylation sites is 1. The Morgan fingerprint density at radius 2 is 1.69 bits per heavy atom. The molecule has 1 aromatic heterocycles. The minimum Gasteiger partial charge on any atom is -0.508 e. The summed E-state index contributed by atoms with van der Waals surface area (Å²) in [6.45, 7) is -0.238. The van der Waals surface area contributed by atoms with Gasteiger partial charge in [0.25, 0.3) is 0 Å². The van der Waals surface area contributed by atoms with Gasteiger partial charge in [0.15, 0.2) is 16.9 Å². The minimum atomic E-state index is -0.837. The van der Waals surface area contributed by atoms with Crippen LogP contribution in [-0.4, -0.2) is 35.6 Å². The molecule has 0 saturated carbocycles. The molecule has 36 heavy (non-hydrogen) atoms. The first-order valence-electron chi connectivity index (χ1n) is 11.6. The second-order valence-corrected chi connectivity index (χ2v) is 8.67. The van der Waals surface area contributed by atoms with Crippen LogP contribution in [0.3, 0.4) is 0 Å². The molecule has 0 spiro atoms. The second-order valence-electron chi connectivity index (χ2n) is 8.67. The predicted molar refractivity (Wildman–Crippen MR) is 132 cm³/mol. The second kappa shape index (κ2) is 10.1. The molecule has 0 aliphatic carbocycles. The maximum Gasteiger partial charge on any atom is 0.231 e. The number of rotatable bonds is 8. The van der Waals surface area contributed by atoms with E-state index in [0.29, 0.717) is 34.5 Å². The lowest BCUT2D eigenvalue weighted by molar-refractivity contribution is -0.122. The standard InChI is InChI=1S/C28H25NO7/c30-14-18(10-17-6-2-1-3-7-17)29-27(32)12-20(21-11-25-26(13-23(21)31)36-16-35-25)22-15-34-24-9-5-4-8-19(24)28(22)33/h1-9,11,13,15,18,20,30-31H,10,12,14,16H2,(H,29,32)/t18-,20+/m1/s1. The molecule has 1 amide bonds. The Kier molecular flexibility index (Phi) is 6.60. The molecule has 3 aromatic carbocycles. The monoisotopic (exact) mass is 487 g/mol. The van der Waals surface area contributed by atoms with Crippen molar-refractivity contribution in [2.75, 3.05) is 13.4 Å². The molecule has 1 aliphatic heterocycles. The number of phenolic OH excluding ortho intramolecular Hbond substituents is 1. The summed E-state index contributed by atoms with van der Waals surface area (Å²) in [4.78, 5) is 26.6. The lowest BCUT2D eigenvalue weighted by Gasteiger charge is -2.21. The zero-order chi connectivity index (χ0) is 25.1. The molecule has 5 rings (SSSR count). The summed E-state index contributed by atoms with van der Waals surface area (Å²) in [7, 11) is 0. The minimum absolute atomic E-state index is 0.0131. The molecule has 2 heterocycles. The third kappa shape index (κ3) is 4.76. The van der Waals surface area contributed by atoms with Crippen molar-refractivity contribution in [2.24, 2.45) is 0 Å². The Morgan fingerprint density at radius 1 is 0.972 bits per heavy atom. The van der Waals surface area contributed by atoms with Crippen LogP contribution < -0.4 is 20.2 Å². The van der Waals surface area contributed by atoms with E-state index in [1.54, 1.807) is 30.3 Å². The number of nitrogens with one attached hydrogen (secondary N) is 1. The molecule has 4 aromatic rings. The Labute approximate surface area is 206 Å². The van der Waals surface area contributed by atoms with Gasteiger partial charge in [0, 0.05) is 29.5 Å². The van der Waals surface area contributed by atoms with Gasteiger partial charge in [0.2, 0.25) is 12.7 Å². The van der Waals surface area contributed by atoms with Gasteiger partial charge in [0.05, 0.1) is 24.3 Å². The van der Waals surface area contributed by atoms with Crippen molar-refractivity contribution < 1.29 is 28.9 Å². The number of hydrogen-bond donors (Lipinski definition) is 3. The van der Waals surface area contributed by atoms with Crippen molar-refractivity contribution in [1.82, 2.24) is 5.32 Å². The van der Waals surface area contributed by atoms with E-state index in [4.69, 9.17) is 13.9 Å². The van der Waals surface area contributed by atoms with E-state index < -0.39 is 12.0 Å². The van der Waals surface area contributed by atoms with Gasteiger partial charge in [-0.3, -0.25) is 9.59 Å². The highest BCUT2D eigenvalue weighted by atomic mass is 16.7. The number of aliphatic hydroxyl groups is 1. The number of aliphatic hydroxyl groups excluding tert-OH is 1. The number of carbonyl (C=O) groups is 1. The van der Waals surface area contributed by atoms with Crippen LogP contribution in [0.5, 0.6) is 17.2 Å². The average Bonchev–Trinajstić information content (AvgIpc) is 3.35. The van der Waals surface area contributed by atoms with Crippen LogP contribution in [0, 0.1) is 0 Å². The highest BCUT2D eigenvalue weighted by Gasteiger charge is 2.29. The Morgan fingerprint density at radius 3 is 2.47 bits per heavy atom. The van der Waals surface area contributed by atoms with Crippen molar-refractivity contribution in [3.8, 4) is 17.2 Å². The lowest BCUT2D eigenvalue weighted by atomic mass is 9.87. The van der Waals surface area contributed by atoms with E-state index in [1.807, 2.05) is 30.3 Å². The number of phenols is 1. The topological polar surface area (TPSA) is 118 Å². The van der Waals surface area contributed by atoms with Gasteiger partial charge in [-0.2, -0.15) is 0 Å². The van der Waals surface area contributed by atoms with Crippen LogP contribution in [0.2, 0.25) is 0 Å². The van der Waals surface area contributed by atoms with Crippen molar-refractivity contribution in [2.45, 2.75) is 24.8 Å². The van der Waals surface area contributed by atoms with Crippen molar-refractivity contribution >= 4 is 16.9 Å². The number of amides is 1. The summed E-state index contributed by atoms with van der Waals surface area (Å²) in [6.07, 6.45) is 1.61. The van der Waals surface area contributed by atoms with Crippen LogP contribution in [0.15, 0.2) is 82.2 Å². The molecule has 2 atom stereocenters. The maximum atomic E-state index is 13.4. The van der Waals surface area contributed by atoms with Gasteiger partial charge in [-0.25, -0.2) is 0 Å². The van der Waals surface area contributed by atoms with Crippen LogP contribution in [0.25, 0.3) is 11.0 Å². The van der Waals surface area contributed by atoms with Crippen LogP contribution >= 0.6 is 0 Å². The molecule has 8 heteroatoms. The number of ether oxygens (including phenoxy) is 2. The fourth-order valence-corrected chi connectivity index (χ4v) is 4.48. The van der Waals surface area contributed by atoms with Crippen LogP contribution in [-0.2, 0) is 11.2 Å². The number of aromatic hydroxyl groups is 1. The quantitative estimate of drug-likeness (QED) is 0.348. The number of benzene rings is 3. The number of hydrogen-bond acceptors (Lipinski definition) is 7. The average molecular weight is 488 g/mol. The first-order valence-corrected chi connectivity index (χ1v) is 11.6. The van der Waals surface area contributed by atoms with Gasteiger partial charge < -0.3 is 29.4 Å². The molecule has 8 nitrogen and oxygen atoms in total. The van der Waals surface area contributed by atoms with Gasteiger partial charge in [-0.05, 0) is 30.2 Å². The van der Waals surface area contributed by atoms with Crippen molar-refractivity contribution in [1.29, 1.82) is 0 Å². The Balaban J connectivity index is 1.49. The van der Waals surface area contributed by atoms with Crippen LogP contribution in [0.1, 0.15) is 29.0 Å². The van der Waals surface area contributed by atoms with Gasteiger partial charge in [0.1, 0.15) is 11.3 Å². The summed E-state index contributed by atoms with van der Waals surface area (Å²) < 4.78 is 16.5. The third-order valence-corrected chi connectivity index (χ3v) is 6.28. The number of carbonyl (C=O) groups excluding carboxylic acids is 1. The highest BCUT2D eigenvalue weighted by Crippen LogP contribution is 2.42. The fraction of sp³-hybridized carbons (Fsp3) is 0.214. The van der Waals surface area contributed by atoms with Gasteiger partial charge in [-0.1, -0.05) is 42.5 Å². The van der Waals surface area contributed by atoms with Gasteiger partial charge in [-0.15, -0.1) is 0 Å². The highest BCUT2D eigenvalue weighted by molar-refractivity contribution is 5.80. The molecule has 0 unspecified atom stereocenters. The molecule has 0 saturated heterocycles. The molecule has 184 valence electrons. The van der Waals surface area contributed by atoms with E-state index in [1.165, 1.54) is 12.3 Å². The SMILES string of the molecule is O=C(C[C@@H](c1cc2c(cc1O)OCO2)c1coc2ccccc2c1=O)N[C@@H](CO)Cc1ccccc1. The Bertz CT molecular complexity index is 1450. The summed E-state index contributed by atoms with van der Waals surface area (Å²) in [5.41, 5.74) is 1.65. The van der Waals surface area contributed by atoms with Crippen LogP contribution in [0.4, 0.5) is 0 Å². The molecular weight excluding hydrogens is 462 g/mol. The molecule has 0 fully saturated rings. The Hall–Kier alpha value is -4.30. The van der Waals surface area contributed by atoms with E-state index in [2.05, 4.69) is 5.32 Å². The first-order chi connectivity index (χ1) is 17.5. The molecule has 0 bridgehead atoms. The molecule has 3 N–H and O–H groups in total. The first kappa shape index (κ1) is 23.4. The summed E-state index contributed by atoms with van der Waals surface area (Å²) >= 11 is 0. The zero-order valence-electron chi connectivity index (χ0n) is 19.3.